The van der Waals surface area contributed by atoms with Gasteiger partial charge in [0, 0.05) is 25.7 Å². The second-order valence-corrected chi connectivity index (χ2v) is 6.29. The Balaban J connectivity index is 3.71. The fraction of sp³-hybridized carbons (Fsp3) is 0.714. The van der Waals surface area contributed by atoms with E-state index in [1.165, 1.54) is 0 Å². The Morgan fingerprint density at radius 2 is 1.50 bits per heavy atom. The van der Waals surface area contributed by atoms with Crippen molar-refractivity contribution < 1.29 is 49.8 Å². The number of ether oxygens (including phenoxy) is 1. The molecule has 4 N–H and O–H groups in total. The highest BCUT2D eigenvalue weighted by Gasteiger charge is 2.71. The topological polar surface area (TPSA) is 158 Å². The van der Waals surface area contributed by atoms with Crippen molar-refractivity contribution in [1.82, 2.24) is 0 Å². The van der Waals surface area contributed by atoms with Crippen LogP contribution >= 0.6 is 15.9 Å². The molecule has 1 saturated heterocycles. The van der Waals surface area contributed by atoms with E-state index in [1.807, 2.05) is 0 Å². The second-order valence-electron chi connectivity index (χ2n) is 5.46. The van der Waals surface area contributed by atoms with E-state index in [-0.39, 0.29) is 0 Å². The number of alkyl halides is 1. The average molecular weight is 415 g/mol. The lowest BCUT2D eigenvalue weighted by Gasteiger charge is -2.59. The van der Waals surface area contributed by atoms with Gasteiger partial charge in [0.05, 0.1) is 6.10 Å². The molecule has 1 aliphatic rings. The first-order valence-corrected chi connectivity index (χ1v) is 7.64. The quantitative estimate of drug-likeness (QED) is 0.247. The fourth-order valence-corrected chi connectivity index (χ4v) is 3.63. The summed E-state index contributed by atoms with van der Waals surface area (Å²) in [5.74, 6) is 0. The van der Waals surface area contributed by atoms with E-state index < -0.39 is 84.8 Å². The number of aldehydes is 4. The molecule has 0 spiro atoms. The predicted octanol–water partition coefficient (Wildman–Crippen LogP) is -1.98. The lowest BCUT2D eigenvalue weighted by atomic mass is 9.62. The fourth-order valence-electron chi connectivity index (χ4n) is 2.86. The molecule has 6 atom stereocenters. The molecule has 0 radical (unpaired) electrons. The molecule has 0 aromatic heterocycles. The second kappa shape index (κ2) is 7.89. The van der Waals surface area contributed by atoms with E-state index in [0.717, 1.165) is 0 Å². The van der Waals surface area contributed by atoms with Crippen molar-refractivity contribution in [3.05, 3.63) is 0 Å². The largest absolute Gasteiger partial charge is 0.390 e. The van der Waals surface area contributed by atoms with Gasteiger partial charge in [0.1, 0.15) is 58.5 Å². The molecule has 1 fully saturated rings. The third-order valence-electron chi connectivity index (χ3n) is 4.20. The van der Waals surface area contributed by atoms with Crippen molar-refractivity contribution in [2.45, 2.75) is 59.7 Å². The Kier molecular flexibility index (Phi) is 5.01. The van der Waals surface area contributed by atoms with Crippen LogP contribution in [-0.4, -0.2) is 79.5 Å². The SMILES string of the molecule is [2H]C(=O)CC(O)[C@H]1OC(Br)[C@@](O)(CC([2H])=O)[C@](O)(CC([2H])=O)[C@]1(O)CC([2H])=O. The maximum atomic E-state index is 11.4. The molecule has 0 aromatic carbocycles. The molecule has 1 rings (SSSR count). The van der Waals surface area contributed by atoms with Crippen molar-refractivity contribution in [3.8, 4) is 0 Å². The van der Waals surface area contributed by atoms with Crippen LogP contribution in [0.15, 0.2) is 0 Å². The molecule has 9 nitrogen and oxygen atoms in total. The zero-order valence-electron chi connectivity index (χ0n) is 16.3. The minimum atomic E-state index is -3.23. The lowest BCUT2D eigenvalue weighted by Crippen LogP contribution is -2.80. The van der Waals surface area contributed by atoms with E-state index in [2.05, 4.69) is 15.9 Å². The number of hydrogen-bond donors (Lipinski definition) is 4. The molecule has 1 aliphatic heterocycles. The number of rotatable bonds is 9. The van der Waals surface area contributed by atoms with E-state index in [4.69, 9.17) is 10.2 Å². The maximum absolute atomic E-state index is 11.4. The van der Waals surface area contributed by atoms with Gasteiger partial charge in [-0.25, -0.2) is 0 Å². The average Bonchev–Trinajstić information content (AvgIpc) is 2.47. The van der Waals surface area contributed by atoms with Crippen LogP contribution in [0.1, 0.15) is 31.2 Å². The Morgan fingerprint density at radius 1 is 1.00 bits per heavy atom. The third-order valence-corrected chi connectivity index (χ3v) is 5.17. The molecule has 0 bridgehead atoms. The van der Waals surface area contributed by atoms with Crippen molar-refractivity contribution in [3.63, 3.8) is 0 Å². The summed E-state index contributed by atoms with van der Waals surface area (Å²) in [4.78, 5) is 45.2. The number of carbonyl (C=O) groups is 4. The summed E-state index contributed by atoms with van der Waals surface area (Å²) in [5, 5.41) is 41.5. The zero-order chi connectivity index (χ0) is 22.1. The lowest BCUT2D eigenvalue weighted by molar-refractivity contribution is -0.345. The molecule has 24 heavy (non-hydrogen) atoms. The predicted molar refractivity (Wildman–Crippen MR) is 81.2 cm³/mol. The van der Waals surface area contributed by atoms with Crippen molar-refractivity contribution in [2.24, 2.45) is 0 Å². The van der Waals surface area contributed by atoms with Crippen molar-refractivity contribution in [1.29, 1.82) is 0 Å². The molecule has 10 heteroatoms. The van der Waals surface area contributed by atoms with Gasteiger partial charge >= 0.3 is 0 Å². The van der Waals surface area contributed by atoms with Crippen LogP contribution < -0.4 is 0 Å². The summed E-state index contributed by atoms with van der Waals surface area (Å²) < 4.78 is 33.4. The zero-order valence-corrected chi connectivity index (χ0v) is 13.9. The standard InChI is InChI=1S/C14H19BrO9/c15-11-13(22,3-7-18)14(23,4-8-19)12(21,2-6-17)10(24-11)9(20)1-5-16/h5-11,20-23H,1-4H2/t9?,10-,11?,12+,13+,14+/m1/s1/i5D,6D,7D,8D. The van der Waals surface area contributed by atoms with Gasteiger partial charge in [-0.15, -0.1) is 0 Å². The summed E-state index contributed by atoms with van der Waals surface area (Å²) in [7, 11) is 0. The van der Waals surface area contributed by atoms with Crippen molar-refractivity contribution >= 4 is 41.0 Å². The smallest absolute Gasteiger partial charge is 0.145 e. The van der Waals surface area contributed by atoms with Crippen molar-refractivity contribution in [2.75, 3.05) is 0 Å². The first-order valence-electron chi connectivity index (χ1n) is 8.73. The minimum Gasteiger partial charge on any atom is -0.390 e. The van der Waals surface area contributed by atoms with Crippen LogP contribution in [0.5, 0.6) is 0 Å². The van der Waals surface area contributed by atoms with Crippen LogP contribution in [0.25, 0.3) is 0 Å². The Labute approximate surface area is 151 Å². The summed E-state index contributed by atoms with van der Waals surface area (Å²) in [5.41, 5.74) is -9.30. The first kappa shape index (κ1) is 15.2. The van der Waals surface area contributed by atoms with Gasteiger partial charge in [0.2, 0.25) is 0 Å². The van der Waals surface area contributed by atoms with Crippen LogP contribution in [0, 0.1) is 0 Å². The molecule has 0 aliphatic carbocycles. The summed E-state index contributed by atoms with van der Waals surface area (Å²) in [6.45, 7) is 0. The number of carbonyl (C=O) groups excluding carboxylic acids is 4. The molecule has 1 heterocycles. The Hall–Kier alpha value is -1.04. The first-order chi connectivity index (χ1) is 12.6. The monoisotopic (exact) mass is 414 g/mol. The van der Waals surface area contributed by atoms with E-state index >= 15 is 0 Å². The number of hydrogen-bond acceptors (Lipinski definition) is 9. The third kappa shape index (κ3) is 3.09. The van der Waals surface area contributed by atoms with Gasteiger partial charge in [-0.2, -0.15) is 0 Å². The summed E-state index contributed by atoms with van der Waals surface area (Å²) >= 11 is 2.77. The Morgan fingerprint density at radius 3 is 1.96 bits per heavy atom. The summed E-state index contributed by atoms with van der Waals surface area (Å²) in [6.07, 6.45) is -14.9. The highest BCUT2D eigenvalue weighted by atomic mass is 79.9. The van der Waals surface area contributed by atoms with Crippen LogP contribution in [-0.2, 0) is 23.9 Å². The minimum absolute atomic E-state index is 0.945. The molecule has 136 valence electrons. The van der Waals surface area contributed by atoms with Crippen LogP contribution in [0.2, 0.25) is 0 Å². The number of aliphatic hydroxyl groups excluding tert-OH is 1. The van der Waals surface area contributed by atoms with E-state index in [0.29, 0.717) is 0 Å². The van der Waals surface area contributed by atoms with Crippen LogP contribution in [0.3, 0.4) is 0 Å². The van der Waals surface area contributed by atoms with E-state index in [1.54, 1.807) is 0 Å². The normalized spacial score (nSPS) is 42.9. The van der Waals surface area contributed by atoms with Gasteiger partial charge in [0.25, 0.3) is 0 Å². The maximum Gasteiger partial charge on any atom is 0.145 e. The van der Waals surface area contributed by atoms with Crippen LogP contribution in [0.4, 0.5) is 0 Å². The molecule has 2 unspecified atom stereocenters. The molecular formula is C14H19BrO9. The van der Waals surface area contributed by atoms with E-state index in [9.17, 15) is 39.6 Å². The Bertz CT molecular complexity index is 679. The molecule has 0 aromatic rings. The van der Waals surface area contributed by atoms with Gasteiger partial charge in [-0.3, -0.25) is 0 Å². The number of aliphatic hydroxyl groups is 4. The highest BCUT2D eigenvalue weighted by Crippen LogP contribution is 2.51. The van der Waals surface area contributed by atoms with Gasteiger partial charge in [0.15, 0.2) is 0 Å². The van der Waals surface area contributed by atoms with Gasteiger partial charge < -0.3 is 44.3 Å². The summed E-state index contributed by atoms with van der Waals surface area (Å²) in [6, 6.07) is 0. The molecule has 0 saturated carbocycles. The van der Waals surface area contributed by atoms with Gasteiger partial charge in [-0.1, -0.05) is 15.9 Å². The number of halogens is 1. The molecular weight excluding hydrogens is 392 g/mol. The molecule has 0 amide bonds. The highest BCUT2D eigenvalue weighted by molar-refractivity contribution is 9.09. The van der Waals surface area contributed by atoms with Gasteiger partial charge in [-0.05, 0) is 0 Å².